The number of carbonyl (C=O) groups is 1. The number of anilines is 1. The van der Waals surface area contributed by atoms with E-state index in [-0.39, 0.29) is 5.76 Å². The monoisotopic (exact) mass is 225 g/mol. The fraction of sp³-hybridized carbons (Fsp3) is 0.600. The summed E-state index contributed by atoms with van der Waals surface area (Å²) < 4.78 is 10.2. The molecule has 1 fully saturated rings. The van der Waals surface area contributed by atoms with Gasteiger partial charge in [0.1, 0.15) is 0 Å². The lowest BCUT2D eigenvalue weighted by molar-refractivity contribution is 0.0491. The van der Waals surface area contributed by atoms with Crippen molar-refractivity contribution in [1.82, 2.24) is 10.3 Å². The molecule has 88 valence electrons. The van der Waals surface area contributed by atoms with Crippen molar-refractivity contribution in [3.63, 3.8) is 0 Å². The van der Waals surface area contributed by atoms with E-state index in [1.807, 2.05) is 4.90 Å². The number of nitrogens with zero attached hydrogens (tertiary/aromatic N) is 2. The Kier molecular flexibility index (Phi) is 3.40. The molecular formula is C10H15N3O3. The molecule has 1 aromatic heterocycles. The summed E-state index contributed by atoms with van der Waals surface area (Å²) in [6.45, 7) is 5.56. The van der Waals surface area contributed by atoms with Crippen molar-refractivity contribution in [1.29, 1.82) is 0 Å². The van der Waals surface area contributed by atoms with Gasteiger partial charge in [-0.25, -0.2) is 9.78 Å². The highest BCUT2D eigenvalue weighted by atomic mass is 16.5. The SMILES string of the molecule is CCOC(=O)c1cnc(N2CCNCC2)o1. The minimum atomic E-state index is -0.462. The highest BCUT2D eigenvalue weighted by molar-refractivity contribution is 5.86. The molecule has 0 atom stereocenters. The quantitative estimate of drug-likeness (QED) is 0.744. The van der Waals surface area contributed by atoms with E-state index in [1.54, 1.807) is 6.92 Å². The molecule has 16 heavy (non-hydrogen) atoms. The van der Waals surface area contributed by atoms with Gasteiger partial charge in [0.15, 0.2) is 0 Å². The topological polar surface area (TPSA) is 67.6 Å². The lowest BCUT2D eigenvalue weighted by Crippen LogP contribution is -2.43. The number of piperazine rings is 1. The van der Waals surface area contributed by atoms with Crippen molar-refractivity contribution >= 4 is 12.0 Å². The normalized spacial score (nSPS) is 16.2. The largest absolute Gasteiger partial charge is 0.460 e. The lowest BCUT2D eigenvalue weighted by atomic mass is 10.4. The predicted molar refractivity (Wildman–Crippen MR) is 57.5 cm³/mol. The van der Waals surface area contributed by atoms with E-state index in [9.17, 15) is 4.79 Å². The summed E-state index contributed by atoms with van der Waals surface area (Å²) in [5, 5.41) is 3.23. The average Bonchev–Trinajstić information content (AvgIpc) is 2.80. The van der Waals surface area contributed by atoms with E-state index >= 15 is 0 Å². The third kappa shape index (κ3) is 2.33. The van der Waals surface area contributed by atoms with Gasteiger partial charge in [-0.15, -0.1) is 0 Å². The Morgan fingerprint density at radius 1 is 1.62 bits per heavy atom. The van der Waals surface area contributed by atoms with Gasteiger partial charge in [0.25, 0.3) is 6.01 Å². The van der Waals surface area contributed by atoms with Crippen LogP contribution in [-0.2, 0) is 4.74 Å². The van der Waals surface area contributed by atoms with Gasteiger partial charge in [-0.1, -0.05) is 0 Å². The summed E-state index contributed by atoms with van der Waals surface area (Å²) in [7, 11) is 0. The molecule has 1 aliphatic heterocycles. The van der Waals surface area contributed by atoms with Crippen molar-refractivity contribution in [2.75, 3.05) is 37.7 Å². The first-order valence-corrected chi connectivity index (χ1v) is 5.40. The minimum Gasteiger partial charge on any atom is -0.460 e. The van der Waals surface area contributed by atoms with Crippen LogP contribution < -0.4 is 10.2 Å². The first kappa shape index (κ1) is 10.9. The molecule has 1 N–H and O–H groups in total. The number of esters is 1. The summed E-state index contributed by atoms with van der Waals surface area (Å²) in [6, 6.07) is 0.490. The fourth-order valence-electron chi connectivity index (χ4n) is 1.56. The second-order valence-corrected chi connectivity index (χ2v) is 3.46. The van der Waals surface area contributed by atoms with E-state index < -0.39 is 5.97 Å². The third-order valence-corrected chi connectivity index (χ3v) is 2.36. The van der Waals surface area contributed by atoms with Crippen LogP contribution in [0.2, 0.25) is 0 Å². The zero-order valence-electron chi connectivity index (χ0n) is 9.23. The Morgan fingerprint density at radius 3 is 3.06 bits per heavy atom. The number of oxazole rings is 1. The molecule has 0 aromatic carbocycles. The molecule has 2 rings (SSSR count). The van der Waals surface area contributed by atoms with Gasteiger partial charge in [-0.3, -0.25) is 0 Å². The number of carbonyl (C=O) groups excluding carboxylic acids is 1. The average molecular weight is 225 g/mol. The molecule has 0 radical (unpaired) electrons. The summed E-state index contributed by atoms with van der Waals surface area (Å²) in [5.41, 5.74) is 0. The van der Waals surface area contributed by atoms with Gasteiger partial charge in [-0.2, -0.15) is 0 Å². The van der Waals surface area contributed by atoms with Crippen LogP contribution in [-0.4, -0.2) is 43.7 Å². The molecule has 1 aromatic rings. The van der Waals surface area contributed by atoms with E-state index in [0.717, 1.165) is 26.2 Å². The van der Waals surface area contributed by atoms with Gasteiger partial charge in [-0.05, 0) is 6.92 Å². The Morgan fingerprint density at radius 2 is 2.38 bits per heavy atom. The number of hydrogen-bond acceptors (Lipinski definition) is 6. The molecule has 0 saturated carbocycles. The predicted octanol–water partition coefficient (Wildman–Crippen LogP) is 0.261. The fourth-order valence-corrected chi connectivity index (χ4v) is 1.56. The Bertz CT molecular complexity index is 358. The van der Waals surface area contributed by atoms with E-state index in [1.165, 1.54) is 6.20 Å². The van der Waals surface area contributed by atoms with Crippen LogP contribution in [0.3, 0.4) is 0 Å². The molecule has 0 aliphatic carbocycles. The second kappa shape index (κ2) is 4.98. The lowest BCUT2D eigenvalue weighted by Gasteiger charge is -2.25. The van der Waals surface area contributed by atoms with Crippen LogP contribution in [0.4, 0.5) is 6.01 Å². The smallest absolute Gasteiger partial charge is 0.376 e. The molecule has 0 bridgehead atoms. The summed E-state index contributed by atoms with van der Waals surface area (Å²) >= 11 is 0. The number of ether oxygens (including phenoxy) is 1. The maximum absolute atomic E-state index is 11.4. The molecule has 6 nitrogen and oxygen atoms in total. The highest BCUT2D eigenvalue weighted by Gasteiger charge is 2.18. The maximum atomic E-state index is 11.4. The molecule has 0 amide bonds. The molecule has 2 heterocycles. The van der Waals surface area contributed by atoms with Crippen LogP contribution in [0, 0.1) is 0 Å². The van der Waals surface area contributed by atoms with Gasteiger partial charge >= 0.3 is 5.97 Å². The molecular weight excluding hydrogens is 210 g/mol. The van der Waals surface area contributed by atoms with Crippen LogP contribution in [0.15, 0.2) is 10.6 Å². The summed E-state index contributed by atoms with van der Waals surface area (Å²) in [5.74, 6) is -0.299. The van der Waals surface area contributed by atoms with Crippen molar-refractivity contribution in [3.8, 4) is 0 Å². The van der Waals surface area contributed by atoms with Crippen molar-refractivity contribution < 1.29 is 13.9 Å². The van der Waals surface area contributed by atoms with Gasteiger partial charge in [0, 0.05) is 26.2 Å². The Balaban J connectivity index is 2.03. The summed E-state index contributed by atoms with van der Waals surface area (Å²) in [6.07, 6.45) is 1.41. The number of hydrogen-bond donors (Lipinski definition) is 1. The summed E-state index contributed by atoms with van der Waals surface area (Å²) in [4.78, 5) is 17.4. The minimum absolute atomic E-state index is 0.162. The van der Waals surface area contributed by atoms with Gasteiger partial charge in [0.2, 0.25) is 5.76 Å². The standard InChI is InChI=1S/C10H15N3O3/c1-2-15-9(14)8-7-12-10(16-8)13-5-3-11-4-6-13/h7,11H,2-6H2,1H3. The van der Waals surface area contributed by atoms with Gasteiger partial charge < -0.3 is 19.4 Å². The molecule has 6 heteroatoms. The molecule has 1 saturated heterocycles. The zero-order valence-corrected chi connectivity index (χ0v) is 9.23. The van der Waals surface area contributed by atoms with Gasteiger partial charge in [0.05, 0.1) is 12.8 Å². The number of rotatable bonds is 3. The first-order chi connectivity index (χ1) is 7.81. The molecule has 0 spiro atoms. The zero-order chi connectivity index (χ0) is 11.4. The van der Waals surface area contributed by atoms with Crippen LogP contribution in [0.25, 0.3) is 0 Å². The highest BCUT2D eigenvalue weighted by Crippen LogP contribution is 2.15. The van der Waals surface area contributed by atoms with E-state index in [2.05, 4.69) is 10.3 Å². The second-order valence-electron chi connectivity index (χ2n) is 3.46. The van der Waals surface area contributed by atoms with Crippen LogP contribution in [0.5, 0.6) is 0 Å². The molecule has 0 unspecified atom stereocenters. The number of nitrogens with one attached hydrogen (secondary N) is 1. The van der Waals surface area contributed by atoms with Crippen molar-refractivity contribution in [2.24, 2.45) is 0 Å². The molecule has 1 aliphatic rings. The number of aromatic nitrogens is 1. The first-order valence-electron chi connectivity index (χ1n) is 5.40. The Hall–Kier alpha value is -1.56. The van der Waals surface area contributed by atoms with Crippen molar-refractivity contribution in [3.05, 3.63) is 12.0 Å². The van der Waals surface area contributed by atoms with Crippen LogP contribution in [0.1, 0.15) is 17.5 Å². The maximum Gasteiger partial charge on any atom is 0.376 e. The Labute approximate surface area is 93.6 Å². The van der Waals surface area contributed by atoms with E-state index in [0.29, 0.717) is 12.6 Å². The van der Waals surface area contributed by atoms with E-state index in [4.69, 9.17) is 9.15 Å². The van der Waals surface area contributed by atoms with Crippen molar-refractivity contribution in [2.45, 2.75) is 6.92 Å². The van der Waals surface area contributed by atoms with Crippen LogP contribution >= 0.6 is 0 Å². The third-order valence-electron chi connectivity index (χ3n) is 2.36.